The summed E-state index contributed by atoms with van der Waals surface area (Å²) in [5.41, 5.74) is 2.22. The van der Waals surface area contributed by atoms with E-state index in [4.69, 9.17) is 11.6 Å². The van der Waals surface area contributed by atoms with E-state index < -0.39 is 0 Å². The maximum Gasteiger partial charge on any atom is 0.162 e. The summed E-state index contributed by atoms with van der Waals surface area (Å²) in [7, 11) is 0. The number of ketones is 1. The number of fused-ring (bicyclic) bond motifs is 1. The van der Waals surface area contributed by atoms with Crippen LogP contribution in [-0.2, 0) is 0 Å². The summed E-state index contributed by atoms with van der Waals surface area (Å²) >= 11 is 6.15. The molecule has 20 heavy (non-hydrogen) atoms. The maximum absolute atomic E-state index is 13.5. The van der Waals surface area contributed by atoms with Crippen LogP contribution in [-0.4, -0.2) is 15.4 Å². The second-order valence-corrected chi connectivity index (χ2v) is 4.86. The van der Waals surface area contributed by atoms with Crippen LogP contribution in [0, 0.1) is 5.82 Å². The van der Waals surface area contributed by atoms with Crippen molar-refractivity contribution >= 4 is 22.9 Å². The minimum atomic E-state index is -0.368. The van der Waals surface area contributed by atoms with Gasteiger partial charge < -0.3 is 0 Å². The Morgan fingerprint density at radius 1 is 1.30 bits per heavy atom. The van der Waals surface area contributed by atoms with Gasteiger partial charge in [-0.1, -0.05) is 23.7 Å². The molecular formula is C15H10ClFN2O. The molecule has 3 nitrogen and oxygen atoms in total. The van der Waals surface area contributed by atoms with Crippen LogP contribution in [0.25, 0.3) is 16.8 Å². The van der Waals surface area contributed by atoms with Gasteiger partial charge in [0.1, 0.15) is 5.82 Å². The molecule has 1 aromatic carbocycles. The number of carbonyl (C=O) groups excluding carboxylic acids is 1. The van der Waals surface area contributed by atoms with E-state index in [9.17, 15) is 9.18 Å². The van der Waals surface area contributed by atoms with Crippen molar-refractivity contribution in [3.05, 3.63) is 59.0 Å². The molecule has 0 bridgehead atoms. The second kappa shape index (κ2) is 4.72. The number of rotatable bonds is 2. The minimum absolute atomic E-state index is 0.149. The van der Waals surface area contributed by atoms with Crippen molar-refractivity contribution in [2.24, 2.45) is 0 Å². The van der Waals surface area contributed by atoms with E-state index in [1.54, 1.807) is 35.0 Å². The van der Waals surface area contributed by atoms with Crippen LogP contribution in [0.15, 0.2) is 42.6 Å². The molecule has 2 heterocycles. The van der Waals surface area contributed by atoms with Crippen LogP contribution in [0.3, 0.4) is 0 Å². The van der Waals surface area contributed by atoms with E-state index in [0.29, 0.717) is 27.4 Å². The van der Waals surface area contributed by atoms with Crippen molar-refractivity contribution in [2.75, 3.05) is 0 Å². The largest absolute Gasteiger partial charge is 0.294 e. The molecular weight excluding hydrogens is 279 g/mol. The first-order chi connectivity index (χ1) is 9.58. The second-order valence-electron chi connectivity index (χ2n) is 4.45. The van der Waals surface area contributed by atoms with Gasteiger partial charge in [-0.05, 0) is 31.2 Å². The summed E-state index contributed by atoms with van der Waals surface area (Å²) < 4.78 is 15.0. The molecule has 0 radical (unpaired) electrons. The van der Waals surface area contributed by atoms with E-state index in [0.717, 1.165) is 0 Å². The van der Waals surface area contributed by atoms with Gasteiger partial charge in [-0.25, -0.2) is 8.91 Å². The predicted octanol–water partition coefficient (Wildman–Crippen LogP) is 4.00. The van der Waals surface area contributed by atoms with E-state index in [1.165, 1.54) is 19.1 Å². The molecule has 0 N–H and O–H groups in total. The smallest absolute Gasteiger partial charge is 0.162 e. The van der Waals surface area contributed by atoms with E-state index in [-0.39, 0.29) is 11.6 Å². The van der Waals surface area contributed by atoms with Crippen molar-refractivity contribution in [1.82, 2.24) is 9.61 Å². The Bertz CT molecular complexity index is 826. The molecule has 0 unspecified atom stereocenters. The highest BCUT2D eigenvalue weighted by atomic mass is 35.5. The van der Waals surface area contributed by atoms with Crippen LogP contribution in [0.1, 0.15) is 17.3 Å². The van der Waals surface area contributed by atoms with E-state index in [2.05, 4.69) is 5.10 Å². The summed E-state index contributed by atoms with van der Waals surface area (Å²) in [6.45, 7) is 1.45. The lowest BCUT2D eigenvalue weighted by Gasteiger charge is -2.11. The lowest BCUT2D eigenvalue weighted by atomic mass is 10.0. The number of benzene rings is 1. The van der Waals surface area contributed by atoms with Gasteiger partial charge in [0.05, 0.1) is 22.4 Å². The van der Waals surface area contributed by atoms with Crippen molar-refractivity contribution < 1.29 is 9.18 Å². The molecule has 5 heteroatoms. The van der Waals surface area contributed by atoms with Gasteiger partial charge in [0, 0.05) is 11.1 Å². The van der Waals surface area contributed by atoms with Crippen molar-refractivity contribution in [3.8, 4) is 11.3 Å². The van der Waals surface area contributed by atoms with Crippen LogP contribution >= 0.6 is 11.6 Å². The predicted molar refractivity (Wildman–Crippen MR) is 75.6 cm³/mol. The first-order valence-electron chi connectivity index (χ1n) is 6.01. The highest BCUT2D eigenvalue weighted by molar-refractivity contribution is 6.34. The van der Waals surface area contributed by atoms with Crippen molar-refractivity contribution in [1.29, 1.82) is 0 Å². The van der Waals surface area contributed by atoms with Gasteiger partial charge in [0.15, 0.2) is 5.78 Å². The molecule has 0 saturated heterocycles. The summed E-state index contributed by atoms with van der Waals surface area (Å²) in [4.78, 5) is 11.8. The lowest BCUT2D eigenvalue weighted by molar-refractivity contribution is 0.101. The fraction of sp³-hybridized carbons (Fsp3) is 0.0667. The average Bonchev–Trinajstić information content (AvgIpc) is 2.88. The molecule has 0 spiro atoms. The number of carbonyl (C=O) groups is 1. The molecule has 0 amide bonds. The highest BCUT2D eigenvalue weighted by Crippen LogP contribution is 2.30. The first-order valence-corrected chi connectivity index (χ1v) is 6.39. The number of aromatic nitrogens is 2. The standard InChI is InChI=1S/C15H10ClFN2O/c1-9(20)12-8-13(16)14-5-6-18-19(14)15(12)10-3-2-4-11(17)7-10/h2-8H,1H3. The Hall–Kier alpha value is -2.20. The zero-order valence-electron chi connectivity index (χ0n) is 10.6. The number of hydrogen-bond acceptors (Lipinski definition) is 2. The lowest BCUT2D eigenvalue weighted by Crippen LogP contribution is -2.04. The van der Waals surface area contributed by atoms with Crippen molar-refractivity contribution in [3.63, 3.8) is 0 Å². The Morgan fingerprint density at radius 2 is 2.10 bits per heavy atom. The van der Waals surface area contributed by atoms with Crippen LogP contribution in [0.2, 0.25) is 5.02 Å². The quantitative estimate of drug-likeness (QED) is 0.668. The Kier molecular flexibility index (Phi) is 3.03. The van der Waals surface area contributed by atoms with E-state index in [1.807, 2.05) is 0 Å². The first kappa shape index (κ1) is 12.8. The molecule has 0 saturated carbocycles. The molecule has 2 aromatic heterocycles. The van der Waals surface area contributed by atoms with Crippen LogP contribution in [0.4, 0.5) is 4.39 Å². The molecule has 0 atom stereocenters. The Labute approximate surface area is 119 Å². The van der Waals surface area contributed by atoms with Gasteiger partial charge in [-0.15, -0.1) is 0 Å². The van der Waals surface area contributed by atoms with Gasteiger partial charge >= 0.3 is 0 Å². The number of nitrogens with zero attached hydrogens (tertiary/aromatic N) is 2. The summed E-state index contributed by atoms with van der Waals surface area (Å²) in [6, 6.07) is 9.40. The highest BCUT2D eigenvalue weighted by Gasteiger charge is 2.17. The van der Waals surface area contributed by atoms with Crippen molar-refractivity contribution in [2.45, 2.75) is 6.92 Å². The molecule has 3 aromatic rings. The fourth-order valence-corrected chi connectivity index (χ4v) is 2.48. The molecule has 0 aliphatic carbocycles. The third kappa shape index (κ3) is 1.98. The molecule has 100 valence electrons. The van der Waals surface area contributed by atoms with Crippen LogP contribution < -0.4 is 0 Å². The third-order valence-electron chi connectivity index (χ3n) is 3.10. The zero-order valence-corrected chi connectivity index (χ0v) is 11.4. The zero-order chi connectivity index (χ0) is 14.3. The Balaban J connectivity index is 2.43. The van der Waals surface area contributed by atoms with Gasteiger partial charge in [-0.3, -0.25) is 4.79 Å². The molecule has 0 aliphatic heterocycles. The number of hydrogen-bond donors (Lipinski definition) is 0. The minimum Gasteiger partial charge on any atom is -0.294 e. The third-order valence-corrected chi connectivity index (χ3v) is 3.41. The summed E-state index contributed by atoms with van der Waals surface area (Å²) in [5.74, 6) is -0.518. The van der Waals surface area contributed by atoms with Gasteiger partial charge in [0.2, 0.25) is 0 Å². The average molecular weight is 289 g/mol. The molecule has 0 fully saturated rings. The summed E-state index contributed by atoms with van der Waals surface area (Å²) in [6.07, 6.45) is 1.59. The number of halogens is 2. The van der Waals surface area contributed by atoms with Crippen LogP contribution in [0.5, 0.6) is 0 Å². The monoisotopic (exact) mass is 288 g/mol. The van der Waals surface area contributed by atoms with Gasteiger partial charge in [0.25, 0.3) is 0 Å². The fourth-order valence-electron chi connectivity index (χ4n) is 2.23. The number of pyridine rings is 1. The van der Waals surface area contributed by atoms with Gasteiger partial charge in [-0.2, -0.15) is 5.10 Å². The SMILES string of the molecule is CC(=O)c1cc(Cl)c2ccnn2c1-c1cccc(F)c1. The molecule has 3 rings (SSSR count). The summed E-state index contributed by atoms with van der Waals surface area (Å²) in [5, 5.41) is 4.62. The van der Waals surface area contributed by atoms with E-state index >= 15 is 0 Å². The molecule has 0 aliphatic rings. The Morgan fingerprint density at radius 3 is 2.80 bits per heavy atom. The normalized spacial score (nSPS) is 10.9. The topological polar surface area (TPSA) is 34.4 Å². The maximum atomic E-state index is 13.5. The number of Topliss-reactive ketones (excluding diaryl/α,β-unsaturated/α-hetero) is 1.